The molecule has 0 radical (unpaired) electrons. The normalized spacial score (nSPS) is 17.0. The molecule has 0 fully saturated rings. The number of rotatable bonds is 9. The van der Waals surface area contributed by atoms with Gasteiger partial charge in [0.25, 0.3) is 1.43 Å². The Hall–Kier alpha value is -2.58. The molecule has 134 valence electrons. The Bertz CT molecular complexity index is 1060. The maximum Gasteiger partial charge on any atom is 0.335 e. The van der Waals surface area contributed by atoms with E-state index >= 15 is 0 Å². The maximum absolute atomic E-state index is 12.7. The second-order valence-electron chi connectivity index (χ2n) is 4.87. The van der Waals surface area contributed by atoms with Gasteiger partial charge in [0, 0.05) is 10.6 Å². The predicted octanol–water partition coefficient (Wildman–Crippen LogP) is 3.04. The van der Waals surface area contributed by atoms with E-state index < -0.39 is 62.3 Å². The molecule has 0 spiro atoms. The molecule has 0 saturated heterocycles. The number of hydrogen-bond donors (Lipinski definition) is 3. The Kier molecular flexibility index (Phi) is 3.56. The van der Waals surface area contributed by atoms with Crippen LogP contribution in [0.3, 0.4) is 0 Å². The summed E-state index contributed by atoms with van der Waals surface area (Å²) in [7, 11) is -4.88. The molecule has 0 aromatic heterocycles. The molecule has 1 unspecified atom stereocenters. The third kappa shape index (κ3) is 4.94. The van der Waals surface area contributed by atoms with Crippen LogP contribution in [0.25, 0.3) is 1.43 Å². The van der Waals surface area contributed by atoms with Crippen molar-refractivity contribution in [3.8, 4) is 11.5 Å². The molecule has 0 aliphatic carbocycles. The Morgan fingerprint density at radius 3 is 2.84 bits per heavy atom. The van der Waals surface area contributed by atoms with Crippen molar-refractivity contribution in [1.29, 1.82) is 1.43 Å². The van der Waals surface area contributed by atoms with Crippen LogP contribution in [0, 0.1) is 0 Å². The number of carboxylic acids is 1. The van der Waals surface area contributed by atoms with E-state index in [2.05, 4.69) is 5.11 Å². The number of anilines is 1. The van der Waals surface area contributed by atoms with Gasteiger partial charge < -0.3 is 15.2 Å². The van der Waals surface area contributed by atoms with Crippen molar-refractivity contribution in [3.63, 3.8) is 0 Å². The van der Waals surface area contributed by atoms with Gasteiger partial charge in [-0.3, -0.25) is 0 Å². The zero-order chi connectivity index (χ0) is 24.3. The number of carboxylic acid groups (broad SMARTS) is 1. The van der Waals surface area contributed by atoms with Crippen LogP contribution >= 0.6 is 0 Å². The van der Waals surface area contributed by atoms with Gasteiger partial charge in [0.15, 0.2) is 7.16 Å². The minimum Gasteiger partial charge on any atom is -0.478 e. The van der Waals surface area contributed by atoms with Crippen LogP contribution < -0.4 is 15.2 Å². The minimum absolute atomic E-state index is 0.114. The molecule has 1 atom stereocenters. The molecule has 25 heavy (non-hydrogen) atoms. The van der Waals surface area contributed by atoms with Gasteiger partial charge in [0.1, 0.15) is 13.5 Å². The lowest BCUT2D eigenvalue weighted by molar-refractivity contribution is 0.0696. The first-order chi connectivity index (χ1) is 14.8. The Morgan fingerprint density at radius 1 is 1.44 bits per heavy atom. The average Bonchev–Trinajstić information content (AvgIpc) is 2.71. The second-order valence-corrected chi connectivity index (χ2v) is 6.26. The standard InChI is InChI=1S/C17H20N2O5S/c1-2-3-9-19-14-10-12(17(20)21)11-15(25(18,22)23)16(14)24-13-7-5-4-6-8-13/h4-8,10-11,19H,2-3,9H2,1H3,(H,20,21)(H2,18,22,23)/i2D2,9D/hD4. The Morgan fingerprint density at radius 2 is 2.20 bits per heavy atom. The topological polar surface area (TPSA) is 119 Å². The van der Waals surface area contributed by atoms with E-state index in [9.17, 15) is 13.2 Å². The lowest BCUT2D eigenvalue weighted by Crippen LogP contribution is -2.16. The molecule has 7 nitrogen and oxygen atoms in total. The fourth-order valence-electron chi connectivity index (χ4n) is 1.94. The second kappa shape index (κ2) is 8.00. The molecule has 8 heteroatoms. The van der Waals surface area contributed by atoms with Crippen LogP contribution in [0.2, 0.25) is 4.24 Å². The number of benzene rings is 2. The molecule has 2 aromatic carbocycles. The van der Waals surface area contributed by atoms with Gasteiger partial charge in [-0.15, -0.1) is 0 Å². The zero-order valence-electron chi connectivity index (χ0n) is 20.2. The van der Waals surface area contributed by atoms with Crippen molar-refractivity contribution in [3.05, 3.63) is 48.0 Å². The van der Waals surface area contributed by atoms with E-state index in [1.165, 1.54) is 19.1 Å². The first kappa shape index (κ1) is 11.1. The SMILES string of the molecule is [2H]OC(=O)c1cc(N([2H])C([2H])CC([2H])([2H])C)c(Oc2ccccc2)c(S(=O)(=O)N([2H])[2H])c1. The molecule has 0 amide bonds. The molecular weight excluding hydrogens is 344 g/mol. The van der Waals surface area contributed by atoms with Gasteiger partial charge in [-0.05, 0) is 30.7 Å². The number of nitrogens with two attached hydrogens (primary N) is 1. The minimum atomic E-state index is -4.88. The van der Waals surface area contributed by atoms with E-state index in [0.717, 1.165) is 12.1 Å². The van der Waals surface area contributed by atoms with Crippen LogP contribution in [-0.2, 0) is 10.0 Å². The smallest absolute Gasteiger partial charge is 0.335 e. The Labute approximate surface area is 156 Å². The number of aromatic carboxylic acids is 1. The van der Waals surface area contributed by atoms with E-state index in [1.807, 2.05) is 0 Å². The molecule has 0 bridgehead atoms. The van der Waals surface area contributed by atoms with Crippen LogP contribution in [0.15, 0.2) is 47.4 Å². The highest BCUT2D eigenvalue weighted by Gasteiger charge is 2.23. The summed E-state index contributed by atoms with van der Waals surface area (Å²) in [6.07, 6.45) is -2.31. The molecule has 0 saturated carbocycles. The largest absolute Gasteiger partial charge is 0.478 e. The summed E-state index contributed by atoms with van der Waals surface area (Å²) >= 11 is 0. The number of primary sulfonamides is 1. The number of carbonyl (C=O) groups is 1. The van der Waals surface area contributed by atoms with Gasteiger partial charge in [-0.1, -0.05) is 31.5 Å². The van der Waals surface area contributed by atoms with Crippen molar-refractivity contribution in [1.82, 2.24) is 0 Å². The summed E-state index contributed by atoms with van der Waals surface area (Å²) in [4.78, 5) is 11.1. The van der Waals surface area contributed by atoms with Crippen molar-refractivity contribution in [2.24, 2.45) is 5.13 Å². The average molecular weight is 371 g/mol. The number of para-hydroxylation sites is 1. The third-order valence-electron chi connectivity index (χ3n) is 3.04. The van der Waals surface area contributed by atoms with Gasteiger partial charge in [0.2, 0.25) is 10.0 Å². The summed E-state index contributed by atoms with van der Waals surface area (Å²) in [5.41, 5.74) is -0.957. The first-order valence-electron chi connectivity index (χ1n) is 10.4. The molecule has 0 aliphatic heterocycles. The summed E-state index contributed by atoms with van der Waals surface area (Å²) in [5.74, 6) is -1.74. The summed E-state index contributed by atoms with van der Waals surface area (Å²) in [5, 5.41) is 3.71. The third-order valence-corrected chi connectivity index (χ3v) is 3.90. The zero-order valence-corrected chi connectivity index (χ0v) is 14.0. The lowest BCUT2D eigenvalue weighted by Gasteiger charge is -2.17. The van der Waals surface area contributed by atoms with Crippen molar-refractivity contribution in [2.45, 2.75) is 24.6 Å². The van der Waals surface area contributed by atoms with Crippen LogP contribution in [-0.4, -0.2) is 26.0 Å². The van der Waals surface area contributed by atoms with E-state index in [1.54, 1.807) is 18.2 Å². The summed E-state index contributed by atoms with van der Waals surface area (Å²) < 4.78 is 84.0. The van der Waals surface area contributed by atoms with Gasteiger partial charge >= 0.3 is 5.97 Å². The fraction of sp³-hybridized carbons (Fsp3) is 0.235. The molecular formula is C17H20N2O5S. The van der Waals surface area contributed by atoms with Crippen molar-refractivity contribution in [2.75, 3.05) is 11.8 Å². The van der Waals surface area contributed by atoms with E-state index in [4.69, 9.17) is 14.5 Å². The van der Waals surface area contributed by atoms with E-state index in [0.29, 0.717) is 5.31 Å². The monoisotopic (exact) mass is 371 g/mol. The molecule has 0 aliphatic rings. The number of hydrogen-bond acceptors (Lipinski definition) is 6. The highest BCUT2D eigenvalue weighted by molar-refractivity contribution is 7.89. The van der Waals surface area contributed by atoms with Gasteiger partial charge in [0.05, 0.1) is 11.3 Å². The maximum atomic E-state index is 12.7. The highest BCUT2D eigenvalue weighted by Crippen LogP contribution is 2.37. The van der Waals surface area contributed by atoms with Gasteiger partial charge in [-0.2, -0.15) is 0 Å². The van der Waals surface area contributed by atoms with E-state index in [-0.39, 0.29) is 5.75 Å². The molecule has 0 heterocycles. The number of nitrogens with one attached hydrogen (secondary N) is 1. The van der Waals surface area contributed by atoms with Crippen LogP contribution in [0.4, 0.5) is 5.69 Å². The quantitative estimate of drug-likeness (QED) is 0.623. The number of sulfonamides is 1. The van der Waals surface area contributed by atoms with Crippen LogP contribution in [0.5, 0.6) is 11.5 Å². The molecule has 2 aromatic rings. The van der Waals surface area contributed by atoms with Crippen molar-refractivity contribution < 1.29 is 31.4 Å². The Balaban J connectivity index is 2.81. The summed E-state index contributed by atoms with van der Waals surface area (Å²) in [6.45, 7) is -0.361. The van der Waals surface area contributed by atoms with Crippen molar-refractivity contribution >= 4 is 21.7 Å². The molecule has 4 N–H and O–H groups in total. The summed E-state index contributed by atoms with van der Waals surface area (Å²) in [6, 6.07) is 9.42. The molecule has 2 rings (SSSR count). The highest BCUT2D eigenvalue weighted by atomic mass is 32.2. The number of ether oxygens (including phenoxy) is 1. The fourth-order valence-corrected chi connectivity index (χ4v) is 2.59. The predicted molar refractivity (Wildman–Crippen MR) is 94.7 cm³/mol. The van der Waals surface area contributed by atoms with Crippen LogP contribution in [0.1, 0.15) is 34.2 Å². The lowest BCUT2D eigenvalue weighted by atomic mass is 10.1. The first-order valence-corrected chi connectivity index (χ1v) is 8.54. The van der Waals surface area contributed by atoms with Gasteiger partial charge in [-0.25, -0.2) is 18.3 Å².